The summed E-state index contributed by atoms with van der Waals surface area (Å²) in [6.07, 6.45) is 0.802. The lowest BCUT2D eigenvalue weighted by Crippen LogP contribution is -2.54. The predicted molar refractivity (Wildman–Crippen MR) is 81.7 cm³/mol. The van der Waals surface area contributed by atoms with E-state index >= 15 is 0 Å². The average Bonchev–Trinajstić information content (AvgIpc) is 2.50. The minimum Gasteiger partial charge on any atom is -0.317 e. The van der Waals surface area contributed by atoms with Gasteiger partial charge < -0.3 is 10.2 Å². The number of rotatable bonds is 3. The van der Waals surface area contributed by atoms with Crippen molar-refractivity contribution in [1.82, 2.24) is 15.3 Å². The number of carbonyl (C=O) groups excluding carboxylic acids is 2. The molecule has 1 heterocycles. The second-order valence-electron chi connectivity index (χ2n) is 5.20. The van der Waals surface area contributed by atoms with Gasteiger partial charge in [0.15, 0.2) is 0 Å². The van der Waals surface area contributed by atoms with Gasteiger partial charge in [0.2, 0.25) is 0 Å². The summed E-state index contributed by atoms with van der Waals surface area (Å²) in [5.74, 6) is -1.25. The molecule has 1 aromatic carbocycles. The van der Waals surface area contributed by atoms with Crippen LogP contribution in [0.2, 0.25) is 0 Å². The number of benzene rings is 1. The Hall–Kier alpha value is -1.92. The highest BCUT2D eigenvalue weighted by Gasteiger charge is 2.20. The number of nitrogens with one attached hydrogen (secondary N) is 2. The summed E-state index contributed by atoms with van der Waals surface area (Å²) >= 11 is 0. The number of hydrogen-bond acceptors (Lipinski definition) is 4. The van der Waals surface area contributed by atoms with Crippen LogP contribution < -0.4 is 10.7 Å². The number of anilines is 1. The second kappa shape index (κ2) is 7.19. The second-order valence-corrected chi connectivity index (χ2v) is 5.20. The van der Waals surface area contributed by atoms with E-state index in [4.69, 9.17) is 0 Å². The molecule has 6 nitrogen and oxygen atoms in total. The van der Waals surface area contributed by atoms with Crippen LogP contribution in [0.4, 0.5) is 5.69 Å². The largest absolute Gasteiger partial charge is 0.323 e. The first kappa shape index (κ1) is 15.5. The first-order valence-corrected chi connectivity index (χ1v) is 7.23. The molecule has 1 fully saturated rings. The zero-order valence-electron chi connectivity index (χ0n) is 12.6. The van der Waals surface area contributed by atoms with Gasteiger partial charge in [-0.2, -0.15) is 0 Å². The molecule has 0 aliphatic carbocycles. The maximum absolute atomic E-state index is 12.0. The smallest absolute Gasteiger partial charge is 0.317 e. The summed E-state index contributed by atoms with van der Waals surface area (Å²) in [5, 5.41) is 4.46. The Labute approximate surface area is 125 Å². The van der Waals surface area contributed by atoms with E-state index in [1.165, 1.54) is 0 Å². The van der Waals surface area contributed by atoms with E-state index in [1.807, 2.05) is 32.2 Å². The highest BCUT2D eigenvalue weighted by Crippen LogP contribution is 2.15. The summed E-state index contributed by atoms with van der Waals surface area (Å²) in [6, 6.07) is 7.50. The molecule has 0 bridgehead atoms. The third-order valence-corrected chi connectivity index (χ3v) is 3.62. The monoisotopic (exact) mass is 290 g/mol. The summed E-state index contributed by atoms with van der Waals surface area (Å²) in [5.41, 5.74) is 4.36. The molecule has 2 N–H and O–H groups in total. The molecule has 21 heavy (non-hydrogen) atoms. The molecule has 0 unspecified atom stereocenters. The molecule has 1 saturated heterocycles. The fourth-order valence-electron chi connectivity index (χ4n) is 2.24. The molecule has 1 aliphatic heterocycles. The Morgan fingerprint density at radius 3 is 2.43 bits per heavy atom. The van der Waals surface area contributed by atoms with Crippen LogP contribution in [0.25, 0.3) is 0 Å². The molecule has 6 heteroatoms. The number of aryl methyl sites for hydroxylation is 1. The SMILES string of the molecule is CCc1ccccc1NC(=O)C(=O)NN1CCN(C)CC1. The molecule has 0 atom stereocenters. The van der Waals surface area contributed by atoms with Crippen molar-refractivity contribution < 1.29 is 9.59 Å². The van der Waals surface area contributed by atoms with Gasteiger partial charge in [0.05, 0.1) is 0 Å². The number of piperazine rings is 1. The molecule has 2 rings (SSSR count). The summed E-state index contributed by atoms with van der Waals surface area (Å²) < 4.78 is 0. The number of carbonyl (C=O) groups is 2. The average molecular weight is 290 g/mol. The minimum atomic E-state index is -0.630. The third kappa shape index (κ3) is 4.27. The van der Waals surface area contributed by atoms with Gasteiger partial charge in [-0.25, -0.2) is 5.01 Å². The first-order chi connectivity index (χ1) is 10.1. The van der Waals surface area contributed by atoms with Gasteiger partial charge in [0.1, 0.15) is 0 Å². The van der Waals surface area contributed by atoms with Gasteiger partial charge in [0, 0.05) is 31.9 Å². The maximum Gasteiger partial charge on any atom is 0.323 e. The number of hydrazine groups is 1. The van der Waals surface area contributed by atoms with Gasteiger partial charge in [-0.3, -0.25) is 15.0 Å². The van der Waals surface area contributed by atoms with E-state index in [0.29, 0.717) is 5.69 Å². The molecule has 0 saturated carbocycles. The highest BCUT2D eigenvalue weighted by molar-refractivity contribution is 6.39. The van der Waals surface area contributed by atoms with E-state index in [9.17, 15) is 9.59 Å². The van der Waals surface area contributed by atoms with E-state index in [-0.39, 0.29) is 0 Å². The van der Waals surface area contributed by atoms with Gasteiger partial charge in [-0.05, 0) is 25.1 Å². The zero-order valence-corrected chi connectivity index (χ0v) is 12.6. The predicted octanol–water partition coefficient (Wildman–Crippen LogP) is 0.466. The van der Waals surface area contributed by atoms with Crippen LogP contribution in [0, 0.1) is 0 Å². The van der Waals surface area contributed by atoms with Crippen molar-refractivity contribution in [1.29, 1.82) is 0 Å². The van der Waals surface area contributed by atoms with E-state index in [2.05, 4.69) is 15.6 Å². The van der Waals surface area contributed by atoms with Crippen LogP contribution in [0.5, 0.6) is 0 Å². The fourth-order valence-corrected chi connectivity index (χ4v) is 2.24. The molecule has 0 spiro atoms. The minimum absolute atomic E-state index is 0.620. The van der Waals surface area contributed by atoms with Crippen LogP contribution >= 0.6 is 0 Å². The Morgan fingerprint density at radius 2 is 1.76 bits per heavy atom. The fraction of sp³-hybridized carbons (Fsp3) is 0.467. The van der Waals surface area contributed by atoms with E-state index in [0.717, 1.165) is 38.2 Å². The highest BCUT2D eigenvalue weighted by atomic mass is 16.2. The third-order valence-electron chi connectivity index (χ3n) is 3.62. The molecular weight excluding hydrogens is 268 g/mol. The van der Waals surface area contributed by atoms with E-state index in [1.54, 1.807) is 11.1 Å². The first-order valence-electron chi connectivity index (χ1n) is 7.23. The lowest BCUT2D eigenvalue weighted by atomic mass is 10.1. The number of amides is 2. The van der Waals surface area contributed by atoms with Crippen molar-refractivity contribution in [2.75, 3.05) is 38.5 Å². The lowest BCUT2D eigenvalue weighted by molar-refractivity contribution is -0.139. The number of hydrogen-bond donors (Lipinski definition) is 2. The Kier molecular flexibility index (Phi) is 5.30. The summed E-state index contributed by atoms with van der Waals surface area (Å²) in [4.78, 5) is 26.1. The van der Waals surface area contributed by atoms with Crippen molar-refractivity contribution in [2.45, 2.75) is 13.3 Å². The van der Waals surface area contributed by atoms with Crippen molar-refractivity contribution in [3.8, 4) is 0 Å². The van der Waals surface area contributed by atoms with Crippen molar-refractivity contribution in [2.24, 2.45) is 0 Å². The van der Waals surface area contributed by atoms with E-state index < -0.39 is 11.8 Å². The molecule has 1 aromatic rings. The normalized spacial score (nSPS) is 16.5. The quantitative estimate of drug-likeness (QED) is 0.794. The van der Waals surface area contributed by atoms with Crippen LogP contribution in [-0.2, 0) is 16.0 Å². The van der Waals surface area contributed by atoms with Crippen molar-refractivity contribution >= 4 is 17.5 Å². The van der Waals surface area contributed by atoms with Crippen LogP contribution in [0.1, 0.15) is 12.5 Å². The number of nitrogens with zero attached hydrogens (tertiary/aromatic N) is 2. The topological polar surface area (TPSA) is 64.7 Å². The van der Waals surface area contributed by atoms with Crippen molar-refractivity contribution in [3.05, 3.63) is 29.8 Å². The van der Waals surface area contributed by atoms with Crippen molar-refractivity contribution in [3.63, 3.8) is 0 Å². The molecular formula is C15H22N4O2. The van der Waals surface area contributed by atoms with Crippen LogP contribution in [-0.4, -0.2) is 54.9 Å². The number of likely N-dealkylation sites (N-methyl/N-ethyl adjacent to an activating group) is 1. The number of para-hydroxylation sites is 1. The van der Waals surface area contributed by atoms with Gasteiger partial charge in [-0.15, -0.1) is 0 Å². The lowest BCUT2D eigenvalue weighted by Gasteiger charge is -2.32. The Morgan fingerprint density at radius 1 is 1.10 bits per heavy atom. The molecule has 2 amide bonds. The molecule has 0 radical (unpaired) electrons. The maximum atomic E-state index is 12.0. The molecule has 0 aromatic heterocycles. The summed E-state index contributed by atoms with van der Waals surface area (Å²) in [7, 11) is 2.04. The van der Waals surface area contributed by atoms with Gasteiger partial charge >= 0.3 is 11.8 Å². The van der Waals surface area contributed by atoms with Gasteiger partial charge in [-0.1, -0.05) is 25.1 Å². The zero-order chi connectivity index (χ0) is 15.2. The Bertz CT molecular complexity index is 510. The summed E-state index contributed by atoms with van der Waals surface area (Å²) in [6.45, 7) is 5.21. The molecule has 114 valence electrons. The van der Waals surface area contributed by atoms with Crippen LogP contribution in [0.3, 0.4) is 0 Å². The molecule has 1 aliphatic rings. The van der Waals surface area contributed by atoms with Gasteiger partial charge in [0.25, 0.3) is 0 Å². The standard InChI is InChI=1S/C15H22N4O2/c1-3-12-6-4-5-7-13(12)16-14(20)15(21)17-19-10-8-18(2)9-11-19/h4-7H,3,8-11H2,1-2H3,(H,16,20)(H,17,21). The Balaban J connectivity index is 1.89. The van der Waals surface area contributed by atoms with Crippen LogP contribution in [0.15, 0.2) is 24.3 Å².